The summed E-state index contributed by atoms with van der Waals surface area (Å²) in [5, 5.41) is 0. The van der Waals surface area contributed by atoms with E-state index < -0.39 is 0 Å². The second-order valence-corrected chi connectivity index (χ2v) is 4.33. The van der Waals surface area contributed by atoms with Gasteiger partial charge in [0.1, 0.15) is 18.2 Å². The lowest BCUT2D eigenvalue weighted by Gasteiger charge is -2.20. The molecule has 18 heavy (non-hydrogen) atoms. The molecule has 4 heteroatoms. The molecule has 0 atom stereocenters. The summed E-state index contributed by atoms with van der Waals surface area (Å²) in [4.78, 5) is 6.56. The third-order valence-electron chi connectivity index (χ3n) is 3.05. The Morgan fingerprint density at radius 2 is 2.06 bits per heavy atom. The van der Waals surface area contributed by atoms with Gasteiger partial charge in [-0.15, -0.1) is 0 Å². The molecule has 1 aromatic carbocycles. The quantitative estimate of drug-likeness (QED) is 0.830. The van der Waals surface area contributed by atoms with E-state index in [1.54, 1.807) is 6.20 Å². The molecule has 1 aromatic heterocycles. The van der Waals surface area contributed by atoms with Crippen molar-refractivity contribution in [2.45, 2.75) is 6.54 Å². The molecule has 0 saturated carbocycles. The van der Waals surface area contributed by atoms with Gasteiger partial charge in [0.15, 0.2) is 0 Å². The SMILES string of the molecule is Nc1ccc(N2CCOc3ccccc3C2)nc1. The van der Waals surface area contributed by atoms with E-state index in [1.807, 2.05) is 30.3 Å². The normalized spacial score (nSPS) is 14.6. The Morgan fingerprint density at radius 3 is 2.89 bits per heavy atom. The fourth-order valence-electron chi connectivity index (χ4n) is 2.11. The molecule has 0 amide bonds. The molecule has 2 N–H and O–H groups in total. The summed E-state index contributed by atoms with van der Waals surface area (Å²) in [6.07, 6.45) is 1.69. The van der Waals surface area contributed by atoms with Gasteiger partial charge in [0.05, 0.1) is 18.4 Å². The monoisotopic (exact) mass is 241 g/mol. The zero-order valence-electron chi connectivity index (χ0n) is 10.0. The topological polar surface area (TPSA) is 51.4 Å². The van der Waals surface area contributed by atoms with Crippen LogP contribution in [0.1, 0.15) is 5.56 Å². The van der Waals surface area contributed by atoms with Crippen LogP contribution in [0, 0.1) is 0 Å². The summed E-state index contributed by atoms with van der Waals surface area (Å²) in [5.74, 6) is 1.90. The predicted octanol–water partition coefficient (Wildman–Crippen LogP) is 2.06. The Labute approximate surface area is 106 Å². The number of anilines is 2. The van der Waals surface area contributed by atoms with Crippen LogP contribution in [0.25, 0.3) is 0 Å². The highest BCUT2D eigenvalue weighted by Gasteiger charge is 2.15. The van der Waals surface area contributed by atoms with Gasteiger partial charge in [0.2, 0.25) is 0 Å². The number of nitrogens with zero attached hydrogens (tertiary/aromatic N) is 2. The molecule has 1 aliphatic rings. The minimum atomic E-state index is 0.670. The molecule has 1 aliphatic heterocycles. The molecule has 0 radical (unpaired) electrons. The van der Waals surface area contributed by atoms with Gasteiger partial charge < -0.3 is 15.4 Å². The van der Waals surface area contributed by atoms with Crippen LogP contribution >= 0.6 is 0 Å². The van der Waals surface area contributed by atoms with Crippen molar-refractivity contribution in [3.63, 3.8) is 0 Å². The molecular weight excluding hydrogens is 226 g/mol. The van der Waals surface area contributed by atoms with Gasteiger partial charge in [-0.3, -0.25) is 0 Å². The second kappa shape index (κ2) is 4.56. The smallest absolute Gasteiger partial charge is 0.129 e. The van der Waals surface area contributed by atoms with E-state index in [9.17, 15) is 0 Å². The Balaban J connectivity index is 1.89. The van der Waals surface area contributed by atoms with Crippen molar-refractivity contribution < 1.29 is 4.74 Å². The first-order valence-electron chi connectivity index (χ1n) is 6.00. The van der Waals surface area contributed by atoms with Crippen molar-refractivity contribution in [3.8, 4) is 5.75 Å². The third kappa shape index (κ3) is 2.09. The largest absolute Gasteiger partial charge is 0.491 e. The van der Waals surface area contributed by atoms with E-state index in [2.05, 4.69) is 16.0 Å². The lowest BCUT2D eigenvalue weighted by atomic mass is 10.2. The van der Waals surface area contributed by atoms with Crippen LogP contribution in [0.3, 0.4) is 0 Å². The maximum atomic E-state index is 5.73. The number of para-hydroxylation sites is 1. The van der Waals surface area contributed by atoms with E-state index in [1.165, 1.54) is 5.56 Å². The molecule has 0 unspecified atom stereocenters. The van der Waals surface area contributed by atoms with E-state index >= 15 is 0 Å². The van der Waals surface area contributed by atoms with Crippen LogP contribution in [-0.2, 0) is 6.54 Å². The van der Waals surface area contributed by atoms with Gasteiger partial charge in [-0.2, -0.15) is 0 Å². The third-order valence-corrected chi connectivity index (χ3v) is 3.05. The number of rotatable bonds is 1. The minimum absolute atomic E-state index is 0.670. The number of pyridine rings is 1. The first-order valence-corrected chi connectivity index (χ1v) is 6.00. The maximum absolute atomic E-state index is 5.73. The van der Waals surface area contributed by atoms with E-state index in [0.29, 0.717) is 12.3 Å². The zero-order valence-corrected chi connectivity index (χ0v) is 10.0. The summed E-state index contributed by atoms with van der Waals surface area (Å²) in [6.45, 7) is 2.31. The summed E-state index contributed by atoms with van der Waals surface area (Å²) < 4.78 is 5.73. The van der Waals surface area contributed by atoms with Crippen molar-refractivity contribution in [2.75, 3.05) is 23.8 Å². The fourth-order valence-corrected chi connectivity index (χ4v) is 2.11. The number of hydrogen-bond donors (Lipinski definition) is 1. The standard InChI is InChI=1S/C14H15N3O/c15-12-5-6-14(16-9-12)17-7-8-18-13-4-2-1-3-11(13)10-17/h1-6,9H,7-8,10,15H2. The van der Waals surface area contributed by atoms with Crippen molar-refractivity contribution in [1.82, 2.24) is 4.98 Å². The lowest BCUT2D eigenvalue weighted by Crippen LogP contribution is -2.26. The van der Waals surface area contributed by atoms with Crippen LogP contribution in [0.4, 0.5) is 11.5 Å². The lowest BCUT2D eigenvalue weighted by molar-refractivity contribution is 0.331. The molecular formula is C14H15N3O. The number of nitrogens with two attached hydrogens (primary N) is 1. The van der Waals surface area contributed by atoms with Gasteiger partial charge in [-0.25, -0.2) is 4.98 Å². The first kappa shape index (κ1) is 10.9. The van der Waals surface area contributed by atoms with Crippen LogP contribution in [0.15, 0.2) is 42.6 Å². The second-order valence-electron chi connectivity index (χ2n) is 4.33. The molecule has 0 fully saturated rings. The van der Waals surface area contributed by atoms with Gasteiger partial charge in [-0.1, -0.05) is 18.2 Å². The van der Waals surface area contributed by atoms with Crippen LogP contribution in [0.5, 0.6) is 5.75 Å². The minimum Gasteiger partial charge on any atom is -0.491 e. The number of fused-ring (bicyclic) bond motifs is 1. The average molecular weight is 241 g/mol. The van der Waals surface area contributed by atoms with Crippen LogP contribution in [0.2, 0.25) is 0 Å². The molecule has 0 bridgehead atoms. The van der Waals surface area contributed by atoms with E-state index in [4.69, 9.17) is 10.5 Å². The molecule has 0 saturated heterocycles. The Morgan fingerprint density at radius 1 is 1.17 bits per heavy atom. The number of benzene rings is 1. The van der Waals surface area contributed by atoms with E-state index in [-0.39, 0.29) is 0 Å². The zero-order chi connectivity index (χ0) is 12.4. The summed E-state index contributed by atoms with van der Waals surface area (Å²) >= 11 is 0. The summed E-state index contributed by atoms with van der Waals surface area (Å²) in [7, 11) is 0. The van der Waals surface area contributed by atoms with Crippen molar-refractivity contribution >= 4 is 11.5 Å². The highest BCUT2D eigenvalue weighted by molar-refractivity contribution is 5.48. The van der Waals surface area contributed by atoms with Gasteiger partial charge in [-0.05, 0) is 18.2 Å². The highest BCUT2D eigenvalue weighted by atomic mass is 16.5. The van der Waals surface area contributed by atoms with Crippen LogP contribution < -0.4 is 15.4 Å². The van der Waals surface area contributed by atoms with E-state index in [0.717, 1.165) is 24.7 Å². The Hall–Kier alpha value is -2.23. The predicted molar refractivity (Wildman–Crippen MR) is 71.6 cm³/mol. The summed E-state index contributed by atoms with van der Waals surface area (Å²) in [5.41, 5.74) is 7.53. The van der Waals surface area contributed by atoms with Gasteiger partial charge in [0, 0.05) is 12.1 Å². The average Bonchev–Trinajstić information content (AvgIpc) is 2.61. The molecule has 2 heterocycles. The Bertz CT molecular complexity index is 539. The number of ether oxygens (including phenoxy) is 1. The molecule has 2 aromatic rings. The highest BCUT2D eigenvalue weighted by Crippen LogP contribution is 2.25. The number of hydrogen-bond acceptors (Lipinski definition) is 4. The first-order chi connectivity index (χ1) is 8.83. The van der Waals surface area contributed by atoms with Gasteiger partial charge >= 0.3 is 0 Å². The molecule has 0 aliphatic carbocycles. The maximum Gasteiger partial charge on any atom is 0.129 e. The van der Waals surface area contributed by atoms with Crippen LogP contribution in [-0.4, -0.2) is 18.1 Å². The van der Waals surface area contributed by atoms with Crippen molar-refractivity contribution in [2.24, 2.45) is 0 Å². The molecule has 0 spiro atoms. The summed E-state index contributed by atoms with van der Waals surface area (Å²) in [6, 6.07) is 11.9. The van der Waals surface area contributed by atoms with Crippen molar-refractivity contribution in [1.29, 1.82) is 0 Å². The number of nitrogen functional groups attached to an aromatic ring is 1. The molecule has 4 nitrogen and oxygen atoms in total. The fraction of sp³-hybridized carbons (Fsp3) is 0.214. The van der Waals surface area contributed by atoms with Crippen molar-refractivity contribution in [3.05, 3.63) is 48.2 Å². The molecule has 92 valence electrons. The Kier molecular flexibility index (Phi) is 2.76. The van der Waals surface area contributed by atoms with Gasteiger partial charge in [0.25, 0.3) is 0 Å². The molecule has 3 rings (SSSR count). The number of aromatic nitrogens is 1.